The summed E-state index contributed by atoms with van der Waals surface area (Å²) in [5.41, 5.74) is 1.15. The quantitative estimate of drug-likeness (QED) is 0.809. The highest BCUT2D eigenvalue weighted by molar-refractivity contribution is 5.92. The Bertz CT molecular complexity index is 647. The highest BCUT2D eigenvalue weighted by atomic mass is 16.4. The summed E-state index contributed by atoms with van der Waals surface area (Å²) < 4.78 is 5.49. The zero-order valence-corrected chi connectivity index (χ0v) is 15.5. The van der Waals surface area contributed by atoms with Gasteiger partial charge in [-0.05, 0) is 27.2 Å². The number of anilines is 1. The first-order valence-electron chi connectivity index (χ1n) is 8.80. The third kappa shape index (κ3) is 4.82. The van der Waals surface area contributed by atoms with Crippen LogP contribution < -0.4 is 5.32 Å². The van der Waals surface area contributed by atoms with Crippen LogP contribution in [0.15, 0.2) is 4.42 Å². The average Bonchev–Trinajstić information content (AvgIpc) is 2.81. The molecule has 1 aromatic rings. The predicted octanol–water partition coefficient (Wildman–Crippen LogP) is 1.48. The highest BCUT2D eigenvalue weighted by Crippen LogP contribution is 2.25. The predicted molar refractivity (Wildman–Crippen MR) is 95.3 cm³/mol. The van der Waals surface area contributed by atoms with Crippen molar-refractivity contribution in [3.63, 3.8) is 0 Å². The smallest absolute Gasteiger partial charge is 0.240 e. The van der Waals surface area contributed by atoms with E-state index in [4.69, 9.17) is 4.42 Å². The second-order valence-corrected chi connectivity index (χ2v) is 6.79. The lowest BCUT2D eigenvalue weighted by Gasteiger charge is -2.41. The normalized spacial score (nSPS) is 20.2. The van der Waals surface area contributed by atoms with Gasteiger partial charge in [-0.3, -0.25) is 19.9 Å². The van der Waals surface area contributed by atoms with Gasteiger partial charge in [-0.1, -0.05) is 6.92 Å². The number of β-amino-alcohol motifs (C(OH)–C–C–N with tert-alkyl or cyclic N) is 1. The molecule has 2 rings (SSSR count). The van der Waals surface area contributed by atoms with Gasteiger partial charge in [0.25, 0.3) is 0 Å². The lowest BCUT2D eigenvalue weighted by Crippen LogP contribution is -2.55. The summed E-state index contributed by atoms with van der Waals surface area (Å²) in [6.07, 6.45) is 0.624. The number of nitriles is 1. The van der Waals surface area contributed by atoms with Gasteiger partial charge in [0.1, 0.15) is 17.4 Å². The molecule has 7 heteroatoms. The van der Waals surface area contributed by atoms with E-state index in [1.165, 1.54) is 0 Å². The summed E-state index contributed by atoms with van der Waals surface area (Å²) in [5.74, 6) is 0.705. The van der Waals surface area contributed by atoms with E-state index < -0.39 is 0 Å². The molecule has 1 amide bonds. The number of aliphatic hydroxyl groups is 1. The number of nitrogens with one attached hydrogen (secondary N) is 1. The third-order valence-electron chi connectivity index (χ3n) is 4.78. The van der Waals surface area contributed by atoms with Crippen molar-refractivity contribution in [3.05, 3.63) is 16.9 Å². The van der Waals surface area contributed by atoms with Crippen molar-refractivity contribution < 1.29 is 14.3 Å². The number of carbonyl (C=O) groups excluding carboxylic acids is 1. The van der Waals surface area contributed by atoms with Crippen molar-refractivity contribution in [1.82, 2.24) is 9.80 Å². The molecule has 0 spiro atoms. The molecule has 1 aromatic heterocycles. The lowest BCUT2D eigenvalue weighted by atomic mass is 10.1. The number of rotatable bonds is 6. The topological polar surface area (TPSA) is 92.7 Å². The van der Waals surface area contributed by atoms with Crippen molar-refractivity contribution in [2.24, 2.45) is 0 Å². The van der Waals surface area contributed by atoms with Crippen molar-refractivity contribution in [1.29, 1.82) is 5.26 Å². The zero-order chi connectivity index (χ0) is 18.6. The van der Waals surface area contributed by atoms with Crippen LogP contribution in [-0.2, 0) is 4.79 Å². The van der Waals surface area contributed by atoms with Crippen LogP contribution in [0.1, 0.15) is 37.2 Å². The van der Waals surface area contributed by atoms with Gasteiger partial charge in [-0.2, -0.15) is 5.26 Å². The molecule has 1 fully saturated rings. The maximum atomic E-state index is 12.3. The largest absolute Gasteiger partial charge is 0.444 e. The third-order valence-corrected chi connectivity index (χ3v) is 4.78. The molecule has 138 valence electrons. The Labute approximate surface area is 149 Å². The summed E-state index contributed by atoms with van der Waals surface area (Å²) in [5, 5.41) is 21.6. The number of nitrogens with zero attached hydrogens (tertiary/aromatic N) is 3. The van der Waals surface area contributed by atoms with Crippen LogP contribution in [0.4, 0.5) is 5.88 Å². The van der Waals surface area contributed by atoms with Gasteiger partial charge in [0.2, 0.25) is 11.8 Å². The Morgan fingerprint density at radius 1 is 1.48 bits per heavy atom. The standard InChI is InChI=1S/C18H28N4O3/c1-5-15-10-21(6-7-22(15)9-12(2)23)11-17(24)20-18-16(8-19)13(3)14(4)25-18/h12,15,23H,5-7,9-11H2,1-4H3,(H,20,24)/t12-,15-/m0/s1. The fourth-order valence-corrected chi connectivity index (χ4v) is 3.29. The van der Waals surface area contributed by atoms with Crippen molar-refractivity contribution in [2.45, 2.75) is 46.3 Å². The van der Waals surface area contributed by atoms with Crippen LogP contribution in [0.3, 0.4) is 0 Å². The van der Waals surface area contributed by atoms with E-state index in [0.29, 0.717) is 23.9 Å². The monoisotopic (exact) mass is 348 g/mol. The van der Waals surface area contributed by atoms with Crippen molar-refractivity contribution in [2.75, 3.05) is 38.0 Å². The number of hydrogen-bond acceptors (Lipinski definition) is 6. The van der Waals surface area contributed by atoms with Gasteiger partial charge < -0.3 is 9.52 Å². The molecule has 0 bridgehead atoms. The molecular formula is C18H28N4O3. The molecule has 0 radical (unpaired) electrons. The molecule has 7 nitrogen and oxygen atoms in total. The van der Waals surface area contributed by atoms with Gasteiger partial charge in [0, 0.05) is 37.8 Å². The van der Waals surface area contributed by atoms with Crippen LogP contribution >= 0.6 is 0 Å². The maximum Gasteiger partial charge on any atom is 0.240 e. The number of furan rings is 1. The Kier molecular flexibility index (Phi) is 6.59. The van der Waals surface area contributed by atoms with Gasteiger partial charge in [-0.25, -0.2) is 0 Å². The summed E-state index contributed by atoms with van der Waals surface area (Å²) in [6.45, 7) is 10.8. The number of piperazine rings is 1. The summed E-state index contributed by atoms with van der Waals surface area (Å²) in [4.78, 5) is 16.7. The van der Waals surface area contributed by atoms with Gasteiger partial charge in [0.05, 0.1) is 12.6 Å². The molecule has 2 N–H and O–H groups in total. The SMILES string of the molecule is CC[C@H]1CN(CC(=O)Nc2oc(C)c(C)c2C#N)CCN1C[C@H](C)O. The Morgan fingerprint density at radius 2 is 2.20 bits per heavy atom. The Balaban J connectivity index is 1.93. The Hall–Kier alpha value is -1.88. The lowest BCUT2D eigenvalue weighted by molar-refractivity contribution is -0.118. The van der Waals surface area contributed by atoms with Crippen molar-refractivity contribution >= 4 is 11.8 Å². The van der Waals surface area contributed by atoms with Crippen LogP contribution in [0.5, 0.6) is 0 Å². The molecule has 0 saturated carbocycles. The maximum absolute atomic E-state index is 12.3. The molecular weight excluding hydrogens is 320 g/mol. The minimum Gasteiger partial charge on any atom is -0.444 e. The van der Waals surface area contributed by atoms with E-state index >= 15 is 0 Å². The van der Waals surface area contributed by atoms with E-state index in [1.807, 2.05) is 0 Å². The van der Waals surface area contributed by atoms with E-state index in [0.717, 1.165) is 31.6 Å². The van der Waals surface area contributed by atoms with Crippen LogP contribution in [-0.4, -0.2) is 65.7 Å². The van der Waals surface area contributed by atoms with Gasteiger partial charge in [-0.15, -0.1) is 0 Å². The summed E-state index contributed by atoms with van der Waals surface area (Å²) in [6, 6.07) is 2.41. The van der Waals surface area contributed by atoms with E-state index in [2.05, 4.69) is 28.1 Å². The van der Waals surface area contributed by atoms with E-state index in [9.17, 15) is 15.2 Å². The Morgan fingerprint density at radius 3 is 2.80 bits per heavy atom. The van der Waals surface area contributed by atoms with Gasteiger partial charge >= 0.3 is 0 Å². The molecule has 0 aliphatic carbocycles. The number of hydrogen-bond donors (Lipinski definition) is 2. The van der Waals surface area contributed by atoms with Crippen LogP contribution in [0.2, 0.25) is 0 Å². The fourth-order valence-electron chi connectivity index (χ4n) is 3.29. The first kappa shape index (κ1) is 19.4. The molecule has 0 unspecified atom stereocenters. The molecule has 2 heterocycles. The van der Waals surface area contributed by atoms with Crippen molar-refractivity contribution in [3.8, 4) is 6.07 Å². The average molecular weight is 348 g/mol. The first-order valence-corrected chi connectivity index (χ1v) is 8.80. The minimum absolute atomic E-state index is 0.177. The number of aryl methyl sites for hydroxylation is 1. The summed E-state index contributed by atoms with van der Waals surface area (Å²) in [7, 11) is 0. The molecule has 1 aliphatic heterocycles. The first-order chi connectivity index (χ1) is 11.8. The summed E-state index contributed by atoms with van der Waals surface area (Å²) >= 11 is 0. The molecule has 25 heavy (non-hydrogen) atoms. The number of carbonyl (C=O) groups is 1. The van der Waals surface area contributed by atoms with Crippen LogP contribution in [0, 0.1) is 25.2 Å². The second-order valence-electron chi connectivity index (χ2n) is 6.79. The fraction of sp³-hybridized carbons (Fsp3) is 0.667. The van der Waals surface area contributed by atoms with E-state index in [-0.39, 0.29) is 24.4 Å². The van der Waals surface area contributed by atoms with Crippen LogP contribution in [0.25, 0.3) is 0 Å². The zero-order valence-electron chi connectivity index (χ0n) is 15.5. The molecule has 1 aliphatic rings. The number of aliphatic hydroxyl groups excluding tert-OH is 1. The molecule has 2 atom stereocenters. The van der Waals surface area contributed by atoms with Gasteiger partial charge in [0.15, 0.2) is 0 Å². The molecule has 1 saturated heterocycles. The second kappa shape index (κ2) is 8.48. The van der Waals surface area contributed by atoms with E-state index in [1.54, 1.807) is 20.8 Å². The minimum atomic E-state index is -0.348. The highest BCUT2D eigenvalue weighted by Gasteiger charge is 2.27. The molecule has 0 aromatic carbocycles. The number of amides is 1.